The maximum Gasteiger partial charge on any atom is 0.337 e. The summed E-state index contributed by atoms with van der Waals surface area (Å²) in [6, 6.07) is 6.37. The Bertz CT molecular complexity index is 1150. The fourth-order valence-corrected chi connectivity index (χ4v) is 4.98. The number of ether oxygens (including phenoxy) is 1. The Balaban J connectivity index is 1.53. The first-order chi connectivity index (χ1) is 14.0. The van der Waals surface area contributed by atoms with Gasteiger partial charge in [0.15, 0.2) is 0 Å². The third-order valence-electron chi connectivity index (χ3n) is 5.19. The van der Waals surface area contributed by atoms with Gasteiger partial charge in [-0.3, -0.25) is 14.2 Å². The van der Waals surface area contributed by atoms with E-state index in [-0.39, 0.29) is 18.0 Å². The molecule has 3 aromatic rings. The number of carbonyl (C=O) groups excluding carboxylic acids is 2. The van der Waals surface area contributed by atoms with Crippen molar-refractivity contribution < 1.29 is 14.3 Å². The maximum absolute atomic E-state index is 13.0. The Morgan fingerprint density at radius 1 is 1.31 bits per heavy atom. The largest absolute Gasteiger partial charge is 0.465 e. The van der Waals surface area contributed by atoms with E-state index >= 15 is 0 Å². The SMILES string of the molecule is COC(=O)c1ccc(NC(=O)Cn2cnc3sc4c(c3c2=O)CC[C@@H](C)C4)cc1. The molecule has 0 unspecified atom stereocenters. The van der Waals surface area contributed by atoms with Gasteiger partial charge < -0.3 is 10.1 Å². The van der Waals surface area contributed by atoms with Crippen molar-refractivity contribution in [2.24, 2.45) is 5.92 Å². The lowest BCUT2D eigenvalue weighted by atomic mass is 9.89. The number of aryl methyl sites for hydroxylation is 1. The lowest BCUT2D eigenvalue weighted by Gasteiger charge is -2.17. The Hall–Kier alpha value is -3.00. The first-order valence-corrected chi connectivity index (χ1v) is 10.3. The number of esters is 1. The van der Waals surface area contributed by atoms with Crippen LogP contribution >= 0.6 is 11.3 Å². The zero-order chi connectivity index (χ0) is 20.5. The molecule has 1 aliphatic rings. The number of aromatic nitrogens is 2. The van der Waals surface area contributed by atoms with Crippen molar-refractivity contribution in [3.05, 3.63) is 57.0 Å². The third-order valence-corrected chi connectivity index (χ3v) is 6.35. The lowest BCUT2D eigenvalue weighted by molar-refractivity contribution is -0.116. The summed E-state index contributed by atoms with van der Waals surface area (Å²) in [5.41, 5.74) is 1.87. The molecule has 4 rings (SSSR count). The summed E-state index contributed by atoms with van der Waals surface area (Å²) < 4.78 is 6.01. The van der Waals surface area contributed by atoms with E-state index in [0.29, 0.717) is 22.6 Å². The zero-order valence-electron chi connectivity index (χ0n) is 16.2. The summed E-state index contributed by atoms with van der Waals surface area (Å²) >= 11 is 1.59. The molecular formula is C21H21N3O4S. The topological polar surface area (TPSA) is 90.3 Å². The van der Waals surface area contributed by atoms with E-state index in [4.69, 9.17) is 0 Å². The van der Waals surface area contributed by atoms with Crippen LogP contribution in [0.5, 0.6) is 0 Å². The predicted octanol–water partition coefficient (Wildman–Crippen LogP) is 3.01. The van der Waals surface area contributed by atoms with Crippen molar-refractivity contribution in [3.8, 4) is 0 Å². The monoisotopic (exact) mass is 411 g/mol. The van der Waals surface area contributed by atoms with Gasteiger partial charge in [0.1, 0.15) is 11.4 Å². The highest BCUT2D eigenvalue weighted by atomic mass is 32.1. The van der Waals surface area contributed by atoms with Crippen LogP contribution in [0.25, 0.3) is 10.2 Å². The molecule has 0 radical (unpaired) electrons. The predicted molar refractivity (Wildman–Crippen MR) is 111 cm³/mol. The van der Waals surface area contributed by atoms with Gasteiger partial charge in [0, 0.05) is 10.6 Å². The van der Waals surface area contributed by atoms with Crippen LogP contribution in [0.4, 0.5) is 5.69 Å². The highest BCUT2D eigenvalue weighted by Crippen LogP contribution is 2.35. The van der Waals surface area contributed by atoms with Gasteiger partial charge in [-0.25, -0.2) is 9.78 Å². The molecule has 0 fully saturated rings. The Morgan fingerprint density at radius 2 is 2.07 bits per heavy atom. The molecule has 0 aliphatic heterocycles. The second kappa shape index (κ2) is 7.79. The van der Waals surface area contributed by atoms with Crippen molar-refractivity contribution in [1.82, 2.24) is 9.55 Å². The number of nitrogens with one attached hydrogen (secondary N) is 1. The van der Waals surface area contributed by atoms with Gasteiger partial charge in [-0.2, -0.15) is 0 Å². The minimum atomic E-state index is -0.442. The first kappa shape index (κ1) is 19.3. The number of carbonyl (C=O) groups is 2. The Morgan fingerprint density at radius 3 is 2.79 bits per heavy atom. The summed E-state index contributed by atoms with van der Waals surface area (Å²) in [5.74, 6) is -0.159. The van der Waals surface area contributed by atoms with Gasteiger partial charge in [0.2, 0.25) is 5.91 Å². The third kappa shape index (κ3) is 3.80. The van der Waals surface area contributed by atoms with E-state index in [2.05, 4.69) is 22.0 Å². The lowest BCUT2D eigenvalue weighted by Crippen LogP contribution is -2.28. The molecule has 0 bridgehead atoms. The van der Waals surface area contributed by atoms with Crippen molar-refractivity contribution in [1.29, 1.82) is 0 Å². The van der Waals surface area contributed by atoms with E-state index < -0.39 is 5.97 Å². The number of fused-ring (bicyclic) bond motifs is 3. The normalized spacial score (nSPS) is 15.7. The summed E-state index contributed by atoms with van der Waals surface area (Å²) in [4.78, 5) is 43.3. The molecule has 0 saturated heterocycles. The van der Waals surface area contributed by atoms with Gasteiger partial charge in [0.05, 0.1) is 24.4 Å². The van der Waals surface area contributed by atoms with Gasteiger partial charge in [-0.15, -0.1) is 11.3 Å². The van der Waals surface area contributed by atoms with Gasteiger partial charge in [-0.1, -0.05) is 6.92 Å². The molecule has 150 valence electrons. The molecule has 1 amide bonds. The molecule has 1 aromatic carbocycles. The molecule has 1 N–H and O–H groups in total. The first-order valence-electron chi connectivity index (χ1n) is 9.44. The van der Waals surface area contributed by atoms with Crippen LogP contribution in [0.1, 0.15) is 34.1 Å². The van der Waals surface area contributed by atoms with Crippen LogP contribution in [-0.2, 0) is 28.9 Å². The number of anilines is 1. The van der Waals surface area contributed by atoms with Crippen molar-refractivity contribution in [2.75, 3.05) is 12.4 Å². The fourth-order valence-electron chi connectivity index (χ4n) is 3.64. The molecule has 2 aromatic heterocycles. The second-order valence-corrected chi connectivity index (χ2v) is 8.41. The number of thiophene rings is 1. The van der Waals surface area contributed by atoms with Crippen LogP contribution in [0.3, 0.4) is 0 Å². The summed E-state index contributed by atoms with van der Waals surface area (Å²) in [7, 11) is 1.31. The molecular weight excluding hydrogens is 390 g/mol. The molecule has 29 heavy (non-hydrogen) atoms. The Kier molecular flexibility index (Phi) is 5.19. The maximum atomic E-state index is 13.0. The molecule has 0 spiro atoms. The van der Waals surface area contributed by atoms with E-state index in [0.717, 1.165) is 29.7 Å². The van der Waals surface area contributed by atoms with Gasteiger partial charge in [0.25, 0.3) is 5.56 Å². The van der Waals surface area contributed by atoms with Crippen LogP contribution in [-0.4, -0.2) is 28.5 Å². The summed E-state index contributed by atoms with van der Waals surface area (Å²) in [6.07, 6.45) is 4.37. The highest BCUT2D eigenvalue weighted by Gasteiger charge is 2.23. The fraction of sp³-hybridized carbons (Fsp3) is 0.333. The number of hydrogen-bond donors (Lipinski definition) is 1. The van der Waals surface area contributed by atoms with Crippen molar-refractivity contribution in [2.45, 2.75) is 32.7 Å². The number of benzene rings is 1. The quantitative estimate of drug-likeness (QED) is 0.667. The van der Waals surface area contributed by atoms with Crippen molar-refractivity contribution in [3.63, 3.8) is 0 Å². The van der Waals surface area contributed by atoms with Crippen LogP contribution in [0, 0.1) is 5.92 Å². The molecule has 1 atom stereocenters. The van der Waals surface area contributed by atoms with Crippen LogP contribution < -0.4 is 10.9 Å². The van der Waals surface area contributed by atoms with E-state index in [9.17, 15) is 14.4 Å². The average Bonchev–Trinajstić information content (AvgIpc) is 3.08. The average molecular weight is 411 g/mol. The second-order valence-electron chi connectivity index (χ2n) is 7.33. The van der Waals surface area contributed by atoms with E-state index in [1.54, 1.807) is 35.6 Å². The Labute approximate surface area is 171 Å². The molecule has 2 heterocycles. The van der Waals surface area contributed by atoms with Gasteiger partial charge >= 0.3 is 5.97 Å². The number of methoxy groups -OCH3 is 1. The number of rotatable bonds is 4. The van der Waals surface area contributed by atoms with Crippen LogP contribution in [0.2, 0.25) is 0 Å². The van der Waals surface area contributed by atoms with E-state index in [1.807, 2.05) is 0 Å². The zero-order valence-corrected chi connectivity index (χ0v) is 17.0. The van der Waals surface area contributed by atoms with Crippen molar-refractivity contribution >= 4 is 39.1 Å². The summed E-state index contributed by atoms with van der Waals surface area (Å²) in [6.45, 7) is 2.10. The number of amides is 1. The smallest absolute Gasteiger partial charge is 0.337 e. The molecule has 0 saturated carbocycles. The standard InChI is InChI=1S/C21H21N3O4S/c1-12-3-8-15-16(9-12)29-19-18(15)20(26)24(11-22-19)10-17(25)23-14-6-4-13(5-7-14)21(27)28-2/h4-7,11-12H,3,8-10H2,1-2H3,(H,23,25)/t12-/m1/s1. The number of nitrogens with zero attached hydrogens (tertiary/aromatic N) is 2. The minimum absolute atomic E-state index is 0.123. The molecule has 8 heteroatoms. The molecule has 7 nitrogen and oxygen atoms in total. The molecule has 1 aliphatic carbocycles. The van der Waals surface area contributed by atoms with Crippen LogP contribution in [0.15, 0.2) is 35.4 Å². The van der Waals surface area contributed by atoms with Gasteiger partial charge in [-0.05, 0) is 55.0 Å². The minimum Gasteiger partial charge on any atom is -0.465 e. The summed E-state index contributed by atoms with van der Waals surface area (Å²) in [5, 5.41) is 3.40. The van der Waals surface area contributed by atoms with E-state index in [1.165, 1.54) is 22.9 Å². The highest BCUT2D eigenvalue weighted by molar-refractivity contribution is 7.18. The number of hydrogen-bond acceptors (Lipinski definition) is 6.